The summed E-state index contributed by atoms with van der Waals surface area (Å²) in [5, 5.41) is 9.07. The summed E-state index contributed by atoms with van der Waals surface area (Å²) in [6, 6.07) is 7.57. The van der Waals surface area contributed by atoms with Crippen LogP contribution in [0.4, 0.5) is 5.82 Å². The van der Waals surface area contributed by atoms with Gasteiger partial charge in [0.1, 0.15) is 11.4 Å². The third kappa shape index (κ3) is 2.92. The van der Waals surface area contributed by atoms with Crippen LogP contribution >= 0.6 is 0 Å². The first kappa shape index (κ1) is 15.9. The number of carboxylic acid groups (broad SMARTS) is 1. The van der Waals surface area contributed by atoms with E-state index in [-0.39, 0.29) is 16.3 Å². The number of anilines is 1. The summed E-state index contributed by atoms with van der Waals surface area (Å²) >= 11 is 0. The van der Waals surface area contributed by atoms with Crippen LogP contribution in [0.2, 0.25) is 0 Å². The quantitative estimate of drug-likeness (QED) is 0.877. The highest BCUT2D eigenvalue weighted by Crippen LogP contribution is 2.25. The van der Waals surface area contributed by atoms with Crippen molar-refractivity contribution in [1.82, 2.24) is 9.29 Å². The van der Waals surface area contributed by atoms with E-state index in [0.29, 0.717) is 11.1 Å². The van der Waals surface area contributed by atoms with Crippen LogP contribution in [-0.4, -0.2) is 42.9 Å². The number of pyridine rings is 1. The maximum atomic E-state index is 12.1. The molecule has 2 aromatic rings. The summed E-state index contributed by atoms with van der Waals surface area (Å²) in [5.74, 6) is -1.28. The monoisotopic (exact) mass is 321 g/mol. The van der Waals surface area contributed by atoms with Crippen molar-refractivity contribution in [2.45, 2.75) is 4.90 Å². The number of rotatable bonds is 4. The van der Waals surface area contributed by atoms with Crippen LogP contribution < -0.4 is 5.73 Å². The molecule has 0 aliphatic heterocycles. The Balaban J connectivity index is 2.56. The molecule has 0 saturated heterocycles. The lowest BCUT2D eigenvalue weighted by molar-refractivity contribution is 0.0697. The molecule has 8 heteroatoms. The molecule has 116 valence electrons. The van der Waals surface area contributed by atoms with Crippen LogP contribution in [-0.2, 0) is 10.0 Å². The standard InChI is InChI=1S/C14H15N3O4S/c1-17(2)22(20,21)11-5-3-4-9(6-11)10-7-12(14(18)19)13(15)16-8-10/h3-8H,1-2H3,(H2,15,16)(H,18,19). The summed E-state index contributed by atoms with van der Waals surface area (Å²) in [4.78, 5) is 15.1. The second-order valence-corrected chi connectivity index (χ2v) is 6.93. The molecule has 0 amide bonds. The first-order chi connectivity index (χ1) is 10.2. The van der Waals surface area contributed by atoms with Gasteiger partial charge in [0.2, 0.25) is 10.0 Å². The van der Waals surface area contributed by atoms with E-state index in [9.17, 15) is 13.2 Å². The van der Waals surface area contributed by atoms with Gasteiger partial charge in [-0.15, -0.1) is 0 Å². The molecule has 0 bridgehead atoms. The van der Waals surface area contributed by atoms with E-state index in [1.165, 1.54) is 38.5 Å². The average Bonchev–Trinajstić information content (AvgIpc) is 2.47. The Morgan fingerprint density at radius 3 is 2.50 bits per heavy atom. The number of nitrogen functional groups attached to an aromatic ring is 1. The Kier molecular flexibility index (Phi) is 4.16. The Hall–Kier alpha value is -2.45. The van der Waals surface area contributed by atoms with E-state index in [4.69, 9.17) is 10.8 Å². The molecule has 0 atom stereocenters. The predicted molar refractivity (Wildman–Crippen MR) is 81.9 cm³/mol. The maximum Gasteiger partial charge on any atom is 0.339 e. The van der Waals surface area contributed by atoms with Crippen molar-refractivity contribution < 1.29 is 18.3 Å². The second-order valence-electron chi connectivity index (χ2n) is 4.78. The summed E-state index contributed by atoms with van der Waals surface area (Å²) < 4.78 is 25.4. The number of carbonyl (C=O) groups is 1. The van der Waals surface area contributed by atoms with Crippen molar-refractivity contribution in [2.24, 2.45) is 0 Å². The SMILES string of the molecule is CN(C)S(=O)(=O)c1cccc(-c2cnc(N)c(C(=O)O)c2)c1. The molecule has 0 aliphatic rings. The molecule has 7 nitrogen and oxygen atoms in total. The van der Waals surface area contributed by atoms with Crippen molar-refractivity contribution in [1.29, 1.82) is 0 Å². The molecule has 3 N–H and O–H groups in total. The molecule has 0 radical (unpaired) electrons. The largest absolute Gasteiger partial charge is 0.478 e. The number of benzene rings is 1. The normalized spacial score (nSPS) is 11.6. The number of carboxylic acids is 1. The van der Waals surface area contributed by atoms with Crippen molar-refractivity contribution in [3.63, 3.8) is 0 Å². The minimum Gasteiger partial charge on any atom is -0.478 e. The molecule has 0 fully saturated rings. The fourth-order valence-electron chi connectivity index (χ4n) is 1.85. The van der Waals surface area contributed by atoms with Crippen LogP contribution in [0.3, 0.4) is 0 Å². The van der Waals surface area contributed by atoms with Gasteiger partial charge in [0, 0.05) is 25.9 Å². The molecule has 1 aromatic heterocycles. The highest BCUT2D eigenvalue weighted by atomic mass is 32.2. The van der Waals surface area contributed by atoms with Gasteiger partial charge in [0.05, 0.1) is 4.90 Å². The summed E-state index contributed by atoms with van der Waals surface area (Å²) in [5.41, 5.74) is 6.40. The van der Waals surface area contributed by atoms with Crippen molar-refractivity contribution in [3.8, 4) is 11.1 Å². The molecular weight excluding hydrogens is 306 g/mol. The third-order valence-electron chi connectivity index (χ3n) is 3.09. The van der Waals surface area contributed by atoms with Gasteiger partial charge in [-0.25, -0.2) is 22.5 Å². The van der Waals surface area contributed by atoms with E-state index in [1.807, 2.05) is 0 Å². The van der Waals surface area contributed by atoms with Crippen molar-refractivity contribution >= 4 is 21.8 Å². The van der Waals surface area contributed by atoms with E-state index in [0.717, 1.165) is 4.31 Å². The van der Waals surface area contributed by atoms with Crippen LogP contribution in [0, 0.1) is 0 Å². The van der Waals surface area contributed by atoms with E-state index >= 15 is 0 Å². The first-order valence-corrected chi connectivity index (χ1v) is 7.69. The fourth-order valence-corrected chi connectivity index (χ4v) is 2.80. The molecule has 0 unspecified atom stereocenters. The average molecular weight is 321 g/mol. The number of hydrogen-bond acceptors (Lipinski definition) is 5. The number of nitrogens with zero attached hydrogens (tertiary/aromatic N) is 2. The lowest BCUT2D eigenvalue weighted by Gasteiger charge is -2.12. The Morgan fingerprint density at radius 1 is 1.23 bits per heavy atom. The highest BCUT2D eigenvalue weighted by molar-refractivity contribution is 7.89. The second kappa shape index (κ2) is 5.74. The minimum atomic E-state index is -3.57. The van der Waals surface area contributed by atoms with Gasteiger partial charge in [-0.1, -0.05) is 12.1 Å². The molecule has 22 heavy (non-hydrogen) atoms. The van der Waals surface area contributed by atoms with Crippen LogP contribution in [0.25, 0.3) is 11.1 Å². The fraction of sp³-hybridized carbons (Fsp3) is 0.143. The van der Waals surface area contributed by atoms with Crippen LogP contribution in [0.15, 0.2) is 41.4 Å². The van der Waals surface area contributed by atoms with Gasteiger partial charge >= 0.3 is 5.97 Å². The number of aromatic carboxylic acids is 1. The molecule has 1 heterocycles. The number of nitrogens with two attached hydrogens (primary N) is 1. The predicted octanol–water partition coefficient (Wildman–Crippen LogP) is 1.28. The molecule has 0 spiro atoms. The van der Waals surface area contributed by atoms with Crippen molar-refractivity contribution in [3.05, 3.63) is 42.1 Å². The molecule has 0 aliphatic carbocycles. The minimum absolute atomic E-state index is 0.0895. The third-order valence-corrected chi connectivity index (χ3v) is 4.91. The van der Waals surface area contributed by atoms with E-state index in [2.05, 4.69) is 4.98 Å². The van der Waals surface area contributed by atoms with E-state index < -0.39 is 16.0 Å². The molecular formula is C14H15N3O4S. The van der Waals surface area contributed by atoms with E-state index in [1.54, 1.807) is 12.1 Å². The van der Waals surface area contributed by atoms with Crippen molar-refractivity contribution in [2.75, 3.05) is 19.8 Å². The van der Waals surface area contributed by atoms with Crippen LogP contribution in [0.5, 0.6) is 0 Å². The molecule has 2 rings (SSSR count). The maximum absolute atomic E-state index is 12.1. The van der Waals surface area contributed by atoms with Gasteiger partial charge in [0.25, 0.3) is 0 Å². The summed E-state index contributed by atoms with van der Waals surface area (Å²) in [6.45, 7) is 0. The molecule has 0 saturated carbocycles. The Morgan fingerprint density at radius 2 is 1.91 bits per heavy atom. The van der Waals surface area contributed by atoms with Gasteiger partial charge in [-0.05, 0) is 23.8 Å². The number of hydrogen-bond donors (Lipinski definition) is 2. The lowest BCUT2D eigenvalue weighted by Crippen LogP contribution is -2.22. The zero-order valence-corrected chi connectivity index (χ0v) is 12.8. The Labute approximate surface area is 128 Å². The van der Waals surface area contributed by atoms with Crippen LogP contribution in [0.1, 0.15) is 10.4 Å². The lowest BCUT2D eigenvalue weighted by atomic mass is 10.1. The zero-order valence-electron chi connectivity index (χ0n) is 12.0. The number of sulfonamides is 1. The highest BCUT2D eigenvalue weighted by Gasteiger charge is 2.18. The van der Waals surface area contributed by atoms with Gasteiger partial charge in [-0.3, -0.25) is 0 Å². The van der Waals surface area contributed by atoms with Gasteiger partial charge in [0.15, 0.2) is 0 Å². The number of aromatic nitrogens is 1. The topological polar surface area (TPSA) is 114 Å². The van der Waals surface area contributed by atoms with Gasteiger partial charge < -0.3 is 10.8 Å². The zero-order chi connectivity index (χ0) is 16.5. The Bertz CT molecular complexity index is 832. The summed E-state index contributed by atoms with van der Waals surface area (Å²) in [6.07, 6.45) is 1.41. The van der Waals surface area contributed by atoms with Gasteiger partial charge in [-0.2, -0.15) is 0 Å². The first-order valence-electron chi connectivity index (χ1n) is 6.25. The summed E-state index contributed by atoms with van der Waals surface area (Å²) in [7, 11) is -0.691. The molecule has 1 aromatic carbocycles. The smallest absolute Gasteiger partial charge is 0.339 e.